The molecule has 2 aromatic rings. The van der Waals surface area contributed by atoms with Gasteiger partial charge in [0.2, 0.25) is 0 Å². The number of hydrogen-bond acceptors (Lipinski definition) is 3. The number of aromatic nitrogens is 1. The number of halogens is 1. The monoisotopic (exact) mass is 306 g/mol. The van der Waals surface area contributed by atoms with E-state index in [9.17, 15) is 9.59 Å². The first-order chi connectivity index (χ1) is 10.0. The minimum absolute atomic E-state index is 0.112. The lowest BCUT2D eigenvalue weighted by Gasteiger charge is -2.13. The smallest absolute Gasteiger partial charge is 0.326 e. The summed E-state index contributed by atoms with van der Waals surface area (Å²) < 4.78 is 0. The number of pyridine rings is 1. The van der Waals surface area contributed by atoms with E-state index in [-0.39, 0.29) is 10.8 Å². The van der Waals surface area contributed by atoms with Gasteiger partial charge in [0.15, 0.2) is 0 Å². The fourth-order valence-corrected chi connectivity index (χ4v) is 2.31. The van der Waals surface area contributed by atoms with Gasteiger partial charge in [-0.3, -0.25) is 4.79 Å². The summed E-state index contributed by atoms with van der Waals surface area (Å²) in [6.07, 6.45) is 1.02. The number of fused-ring (bicyclic) bond motifs is 1. The van der Waals surface area contributed by atoms with Gasteiger partial charge in [0, 0.05) is 5.39 Å². The molecule has 1 aromatic carbocycles. The first kappa shape index (κ1) is 15.3. The minimum atomic E-state index is -1.06. The van der Waals surface area contributed by atoms with Gasteiger partial charge in [0.1, 0.15) is 16.9 Å². The molecule has 0 aliphatic carbocycles. The molecule has 2 rings (SSSR count). The molecule has 0 aliphatic rings. The van der Waals surface area contributed by atoms with Gasteiger partial charge in [-0.05, 0) is 17.9 Å². The van der Waals surface area contributed by atoms with Crippen LogP contribution < -0.4 is 5.32 Å². The van der Waals surface area contributed by atoms with Crippen LogP contribution in [0, 0.1) is 0 Å². The summed E-state index contributed by atoms with van der Waals surface area (Å²) in [7, 11) is 0. The maximum atomic E-state index is 12.1. The zero-order valence-electron chi connectivity index (χ0n) is 11.5. The Kier molecular flexibility index (Phi) is 4.75. The first-order valence-corrected chi connectivity index (χ1v) is 6.99. The highest BCUT2D eigenvalue weighted by atomic mass is 35.5. The lowest BCUT2D eigenvalue weighted by Crippen LogP contribution is -2.40. The van der Waals surface area contributed by atoms with Gasteiger partial charge >= 0.3 is 5.97 Å². The van der Waals surface area contributed by atoms with Crippen molar-refractivity contribution in [2.45, 2.75) is 25.8 Å². The van der Waals surface area contributed by atoms with Crippen LogP contribution in [-0.4, -0.2) is 28.0 Å². The molecule has 0 fully saturated rings. The molecule has 1 atom stereocenters. The Balaban J connectivity index is 2.29. The third-order valence-electron chi connectivity index (χ3n) is 3.11. The number of hydrogen-bond donors (Lipinski definition) is 2. The van der Waals surface area contributed by atoms with Crippen LogP contribution in [0.3, 0.4) is 0 Å². The van der Waals surface area contributed by atoms with E-state index in [2.05, 4.69) is 10.3 Å². The predicted octanol–water partition coefficient (Wildman–Crippen LogP) is 2.87. The Bertz CT molecular complexity index is 688. The lowest BCUT2D eigenvalue weighted by molar-refractivity contribution is -0.139. The van der Waals surface area contributed by atoms with Crippen molar-refractivity contribution in [3.8, 4) is 0 Å². The number of carbonyl (C=O) groups excluding carboxylic acids is 1. The van der Waals surface area contributed by atoms with Crippen molar-refractivity contribution in [1.29, 1.82) is 0 Å². The van der Waals surface area contributed by atoms with E-state index >= 15 is 0 Å². The summed E-state index contributed by atoms with van der Waals surface area (Å²) >= 11 is 6.06. The molecule has 0 aliphatic heterocycles. The fourth-order valence-electron chi connectivity index (χ4n) is 2.05. The molecule has 110 valence electrons. The Morgan fingerprint density at radius 2 is 2.10 bits per heavy atom. The SMILES string of the molecule is CCC[C@@H](NC(=O)c1cc2ccccc2c(Cl)n1)C(=O)O. The van der Waals surface area contributed by atoms with Crippen molar-refractivity contribution in [1.82, 2.24) is 10.3 Å². The van der Waals surface area contributed by atoms with Gasteiger partial charge < -0.3 is 10.4 Å². The van der Waals surface area contributed by atoms with E-state index in [1.807, 2.05) is 31.2 Å². The number of carbonyl (C=O) groups is 2. The third-order valence-corrected chi connectivity index (χ3v) is 3.40. The Hall–Kier alpha value is -2.14. The lowest BCUT2D eigenvalue weighted by atomic mass is 10.1. The molecule has 1 aromatic heterocycles. The van der Waals surface area contributed by atoms with Gasteiger partial charge in [-0.25, -0.2) is 9.78 Å². The summed E-state index contributed by atoms with van der Waals surface area (Å²) in [6, 6.07) is 7.97. The van der Waals surface area contributed by atoms with Gasteiger partial charge in [-0.2, -0.15) is 0 Å². The van der Waals surface area contributed by atoms with Crippen LogP contribution in [0.2, 0.25) is 5.15 Å². The molecular formula is C15H15ClN2O3. The summed E-state index contributed by atoms with van der Waals surface area (Å²) in [5, 5.41) is 13.3. The van der Waals surface area contributed by atoms with E-state index < -0.39 is 17.9 Å². The average Bonchev–Trinajstić information content (AvgIpc) is 2.46. The number of benzene rings is 1. The maximum absolute atomic E-state index is 12.1. The van der Waals surface area contributed by atoms with Crippen molar-refractivity contribution in [3.63, 3.8) is 0 Å². The van der Waals surface area contributed by atoms with Crippen LogP contribution in [0.25, 0.3) is 10.8 Å². The number of nitrogens with zero attached hydrogens (tertiary/aromatic N) is 1. The van der Waals surface area contributed by atoms with E-state index in [0.29, 0.717) is 12.8 Å². The second-order valence-corrected chi connectivity index (χ2v) is 5.03. The van der Waals surface area contributed by atoms with E-state index in [4.69, 9.17) is 16.7 Å². The molecule has 6 heteroatoms. The molecule has 2 N–H and O–H groups in total. The zero-order valence-corrected chi connectivity index (χ0v) is 12.2. The number of aliphatic carboxylic acids is 1. The van der Waals surface area contributed by atoms with Crippen LogP contribution in [0.5, 0.6) is 0 Å². The van der Waals surface area contributed by atoms with E-state index in [0.717, 1.165) is 10.8 Å². The summed E-state index contributed by atoms with van der Waals surface area (Å²) in [5.41, 5.74) is 0.112. The molecule has 0 spiro atoms. The number of nitrogens with one attached hydrogen (secondary N) is 1. The molecule has 0 saturated heterocycles. The topological polar surface area (TPSA) is 79.3 Å². The molecule has 0 bridgehead atoms. The minimum Gasteiger partial charge on any atom is -0.480 e. The number of carboxylic acids is 1. The van der Waals surface area contributed by atoms with Crippen LogP contribution in [-0.2, 0) is 4.79 Å². The van der Waals surface area contributed by atoms with Crippen LogP contribution in [0.1, 0.15) is 30.3 Å². The first-order valence-electron chi connectivity index (χ1n) is 6.62. The molecule has 0 saturated carbocycles. The van der Waals surface area contributed by atoms with E-state index in [1.165, 1.54) is 0 Å². The van der Waals surface area contributed by atoms with Crippen molar-refractivity contribution >= 4 is 34.2 Å². The third kappa shape index (κ3) is 3.49. The van der Waals surface area contributed by atoms with Crippen LogP contribution in [0.15, 0.2) is 30.3 Å². The highest BCUT2D eigenvalue weighted by molar-refractivity contribution is 6.34. The van der Waals surface area contributed by atoms with Crippen molar-refractivity contribution in [2.24, 2.45) is 0 Å². The molecule has 5 nitrogen and oxygen atoms in total. The van der Waals surface area contributed by atoms with Gasteiger partial charge in [-0.1, -0.05) is 49.2 Å². The van der Waals surface area contributed by atoms with Gasteiger partial charge in [-0.15, -0.1) is 0 Å². The normalized spacial score (nSPS) is 12.1. The number of amides is 1. The van der Waals surface area contributed by atoms with Crippen molar-refractivity contribution in [3.05, 3.63) is 41.2 Å². The Morgan fingerprint density at radius 3 is 2.76 bits per heavy atom. The second-order valence-electron chi connectivity index (χ2n) is 4.67. The quantitative estimate of drug-likeness (QED) is 0.832. The fraction of sp³-hybridized carbons (Fsp3) is 0.267. The molecule has 1 heterocycles. The Morgan fingerprint density at radius 1 is 1.38 bits per heavy atom. The molecule has 1 amide bonds. The van der Waals surface area contributed by atoms with Crippen LogP contribution >= 0.6 is 11.6 Å². The number of carboxylic acid groups (broad SMARTS) is 1. The van der Waals surface area contributed by atoms with Gasteiger partial charge in [0.25, 0.3) is 5.91 Å². The van der Waals surface area contributed by atoms with Crippen LogP contribution in [0.4, 0.5) is 0 Å². The van der Waals surface area contributed by atoms with Crippen molar-refractivity contribution < 1.29 is 14.7 Å². The standard InChI is InChI=1S/C15H15ClN2O3/c1-2-5-11(15(20)21)18-14(19)12-8-9-6-3-4-7-10(9)13(16)17-12/h3-4,6-8,11H,2,5H2,1H3,(H,18,19)(H,20,21)/t11-/m1/s1. The number of rotatable bonds is 5. The Labute approximate surface area is 126 Å². The summed E-state index contributed by atoms with van der Waals surface area (Å²) in [6.45, 7) is 1.85. The average molecular weight is 307 g/mol. The van der Waals surface area contributed by atoms with E-state index in [1.54, 1.807) is 6.07 Å². The molecule has 21 heavy (non-hydrogen) atoms. The highest BCUT2D eigenvalue weighted by Gasteiger charge is 2.20. The predicted molar refractivity (Wildman–Crippen MR) is 80.6 cm³/mol. The van der Waals surface area contributed by atoms with Crippen molar-refractivity contribution in [2.75, 3.05) is 0 Å². The zero-order chi connectivity index (χ0) is 15.4. The largest absolute Gasteiger partial charge is 0.480 e. The maximum Gasteiger partial charge on any atom is 0.326 e. The molecular weight excluding hydrogens is 292 g/mol. The summed E-state index contributed by atoms with van der Waals surface area (Å²) in [5.74, 6) is -1.60. The molecule has 0 radical (unpaired) electrons. The highest BCUT2D eigenvalue weighted by Crippen LogP contribution is 2.22. The van der Waals surface area contributed by atoms with Gasteiger partial charge in [0.05, 0.1) is 0 Å². The second kappa shape index (κ2) is 6.54. The molecule has 0 unspecified atom stereocenters. The summed E-state index contributed by atoms with van der Waals surface area (Å²) in [4.78, 5) is 27.2.